The van der Waals surface area contributed by atoms with Crippen molar-refractivity contribution in [2.45, 2.75) is 26.9 Å². The molecule has 0 spiro atoms. The molecular weight excluding hydrogens is 478 g/mol. The van der Waals surface area contributed by atoms with Gasteiger partial charge < -0.3 is 14.2 Å². The Morgan fingerprint density at radius 3 is 2.63 bits per heavy atom. The average molecular weight is 510 g/mol. The third-order valence-electron chi connectivity index (χ3n) is 5.68. The van der Waals surface area contributed by atoms with Gasteiger partial charge in [-0.2, -0.15) is 5.10 Å². The molecule has 4 rings (SSSR count). The average Bonchev–Trinajstić information content (AvgIpc) is 2.93. The molecule has 3 aromatic carbocycles. The summed E-state index contributed by atoms with van der Waals surface area (Å²) < 4.78 is 17.8. The number of hydrogen-bond donors (Lipinski definition) is 1. The summed E-state index contributed by atoms with van der Waals surface area (Å²) in [6, 6.07) is 21.4. The topological polar surface area (TPSA) is 82.0 Å². The van der Waals surface area contributed by atoms with E-state index < -0.39 is 0 Å². The zero-order valence-corrected chi connectivity index (χ0v) is 21.6. The Balaban J connectivity index is 1.43. The monoisotopic (exact) mass is 509 g/mol. The number of nitrogens with zero attached hydrogens (tertiary/aromatic N) is 2. The lowest BCUT2D eigenvalue weighted by molar-refractivity contribution is -0.123. The minimum atomic E-state index is -0.386. The van der Waals surface area contributed by atoms with Crippen molar-refractivity contribution in [2.24, 2.45) is 5.10 Å². The van der Waals surface area contributed by atoms with Crippen molar-refractivity contribution in [1.82, 2.24) is 10.4 Å². The van der Waals surface area contributed by atoms with E-state index in [0.29, 0.717) is 42.4 Å². The fourth-order valence-corrected chi connectivity index (χ4v) is 3.88. The molecule has 1 N–H and O–H groups in total. The molecule has 1 amide bonds. The molecule has 0 radical (unpaired) electrons. The summed E-state index contributed by atoms with van der Waals surface area (Å²) in [5.41, 5.74) is 7.15. The molecule has 194 valence electrons. The summed E-state index contributed by atoms with van der Waals surface area (Å²) in [4.78, 5) is 16.7. The zero-order valence-electron chi connectivity index (χ0n) is 21.6. The quantitative estimate of drug-likeness (QED) is 0.149. The molecule has 0 fully saturated rings. The van der Waals surface area contributed by atoms with E-state index in [-0.39, 0.29) is 12.5 Å². The Hall–Kier alpha value is -4.65. The van der Waals surface area contributed by atoms with Gasteiger partial charge in [0.2, 0.25) is 0 Å². The lowest BCUT2D eigenvalue weighted by Gasteiger charge is -2.17. The van der Waals surface area contributed by atoms with E-state index in [1.807, 2.05) is 61.5 Å². The number of carbonyl (C=O) groups is 1. The van der Waals surface area contributed by atoms with Crippen molar-refractivity contribution in [3.63, 3.8) is 0 Å². The summed E-state index contributed by atoms with van der Waals surface area (Å²) in [5, 5.41) is 5.05. The van der Waals surface area contributed by atoms with Crippen LogP contribution in [0.5, 0.6) is 17.2 Å². The number of hydrazone groups is 1. The van der Waals surface area contributed by atoms with Crippen molar-refractivity contribution < 1.29 is 19.0 Å². The molecule has 0 aliphatic heterocycles. The number of pyridine rings is 1. The SMILES string of the molecule is C=CCc1cc(/C=N/NC(=O)COc2cccc3cccnc23)cc(OCC)c1OCc1ccc(C)cc1. The van der Waals surface area contributed by atoms with Crippen LogP contribution in [0.4, 0.5) is 0 Å². The minimum absolute atomic E-state index is 0.190. The Labute approximate surface area is 222 Å². The van der Waals surface area contributed by atoms with Crippen LogP contribution in [0.3, 0.4) is 0 Å². The molecule has 0 atom stereocenters. The van der Waals surface area contributed by atoms with Crippen LogP contribution in [0.25, 0.3) is 10.9 Å². The molecule has 0 bridgehead atoms. The third kappa shape index (κ3) is 6.97. The van der Waals surface area contributed by atoms with E-state index in [0.717, 1.165) is 22.1 Å². The van der Waals surface area contributed by atoms with Crippen LogP contribution in [0, 0.1) is 6.92 Å². The van der Waals surface area contributed by atoms with E-state index in [2.05, 4.69) is 41.1 Å². The standard InChI is InChI=1S/C31H31N3O4/c1-4-8-26-17-24(18-28(36-5-2)31(26)38-20-23-14-12-22(3)13-15-23)19-33-34-29(35)21-37-27-11-6-9-25-10-7-16-32-30(25)27/h4,6-7,9-19H,1,5,8,20-21H2,2-3H3,(H,34,35)/b33-19+. The smallest absolute Gasteiger partial charge is 0.277 e. The molecule has 4 aromatic rings. The number of amides is 1. The summed E-state index contributed by atoms with van der Waals surface area (Å²) in [6.07, 6.45) is 5.65. The second-order valence-corrected chi connectivity index (χ2v) is 8.62. The van der Waals surface area contributed by atoms with Crippen LogP contribution < -0.4 is 19.6 Å². The highest BCUT2D eigenvalue weighted by atomic mass is 16.5. The van der Waals surface area contributed by atoms with E-state index in [1.165, 1.54) is 5.56 Å². The molecular formula is C31H31N3O4. The van der Waals surface area contributed by atoms with Crippen molar-refractivity contribution >= 4 is 23.0 Å². The second kappa shape index (κ2) is 13.1. The number of hydrogen-bond acceptors (Lipinski definition) is 6. The maximum atomic E-state index is 12.3. The highest BCUT2D eigenvalue weighted by molar-refractivity contribution is 5.86. The van der Waals surface area contributed by atoms with Gasteiger partial charge in [0.1, 0.15) is 17.9 Å². The second-order valence-electron chi connectivity index (χ2n) is 8.62. The number of ether oxygens (including phenoxy) is 3. The molecule has 7 nitrogen and oxygen atoms in total. The largest absolute Gasteiger partial charge is 0.490 e. The molecule has 0 unspecified atom stereocenters. The first-order chi connectivity index (χ1) is 18.6. The Morgan fingerprint density at radius 1 is 1.03 bits per heavy atom. The number of benzene rings is 3. The fraction of sp³-hybridized carbons (Fsp3) is 0.194. The van der Waals surface area contributed by atoms with E-state index in [1.54, 1.807) is 18.5 Å². The number of nitrogens with one attached hydrogen (secondary N) is 1. The number of aromatic nitrogens is 1. The number of carbonyl (C=O) groups excluding carboxylic acids is 1. The lowest BCUT2D eigenvalue weighted by atomic mass is 10.1. The van der Waals surface area contributed by atoms with E-state index >= 15 is 0 Å². The summed E-state index contributed by atoms with van der Waals surface area (Å²) in [5.74, 6) is 1.44. The zero-order chi connectivity index (χ0) is 26.7. The van der Waals surface area contributed by atoms with Crippen LogP contribution >= 0.6 is 0 Å². The van der Waals surface area contributed by atoms with Crippen molar-refractivity contribution in [3.05, 3.63) is 108 Å². The normalized spacial score (nSPS) is 10.9. The first kappa shape index (κ1) is 26.4. The maximum absolute atomic E-state index is 12.3. The maximum Gasteiger partial charge on any atom is 0.277 e. The van der Waals surface area contributed by atoms with Crippen LogP contribution in [0.1, 0.15) is 29.2 Å². The lowest BCUT2D eigenvalue weighted by Crippen LogP contribution is -2.24. The number of allylic oxidation sites excluding steroid dienone is 1. The van der Waals surface area contributed by atoms with Gasteiger partial charge in [0, 0.05) is 17.1 Å². The fourth-order valence-electron chi connectivity index (χ4n) is 3.88. The Bertz CT molecular complexity index is 1430. The van der Waals surface area contributed by atoms with Gasteiger partial charge in [-0.3, -0.25) is 9.78 Å². The van der Waals surface area contributed by atoms with E-state index in [9.17, 15) is 4.79 Å². The van der Waals surface area contributed by atoms with Crippen LogP contribution in [-0.2, 0) is 17.8 Å². The molecule has 1 heterocycles. The van der Waals surface area contributed by atoms with Crippen molar-refractivity contribution in [3.8, 4) is 17.2 Å². The number of rotatable bonds is 12. The van der Waals surface area contributed by atoms with Crippen molar-refractivity contribution in [2.75, 3.05) is 13.2 Å². The highest BCUT2D eigenvalue weighted by Gasteiger charge is 2.14. The van der Waals surface area contributed by atoms with Gasteiger partial charge in [-0.15, -0.1) is 6.58 Å². The van der Waals surface area contributed by atoms with Gasteiger partial charge in [-0.05, 0) is 55.7 Å². The number of fused-ring (bicyclic) bond motifs is 1. The van der Waals surface area contributed by atoms with Gasteiger partial charge in [0.05, 0.1) is 12.8 Å². The minimum Gasteiger partial charge on any atom is -0.490 e. The highest BCUT2D eigenvalue weighted by Crippen LogP contribution is 2.34. The van der Waals surface area contributed by atoms with Gasteiger partial charge in [0.15, 0.2) is 18.1 Å². The number of aryl methyl sites for hydroxylation is 1. The molecule has 0 aliphatic rings. The molecule has 38 heavy (non-hydrogen) atoms. The van der Waals surface area contributed by atoms with Crippen LogP contribution in [0.2, 0.25) is 0 Å². The molecule has 0 aliphatic carbocycles. The molecule has 0 saturated carbocycles. The summed E-state index contributed by atoms with van der Waals surface area (Å²) in [7, 11) is 0. The van der Waals surface area contributed by atoms with Gasteiger partial charge in [0.25, 0.3) is 5.91 Å². The van der Waals surface area contributed by atoms with Gasteiger partial charge in [-0.25, -0.2) is 5.43 Å². The third-order valence-corrected chi connectivity index (χ3v) is 5.68. The predicted octanol–water partition coefficient (Wildman–Crippen LogP) is 5.78. The van der Waals surface area contributed by atoms with E-state index in [4.69, 9.17) is 14.2 Å². The van der Waals surface area contributed by atoms with Crippen LogP contribution in [0.15, 0.2) is 90.7 Å². The Morgan fingerprint density at radius 2 is 1.84 bits per heavy atom. The van der Waals surface area contributed by atoms with Crippen LogP contribution in [-0.4, -0.2) is 30.3 Å². The molecule has 1 aromatic heterocycles. The van der Waals surface area contributed by atoms with Crippen molar-refractivity contribution in [1.29, 1.82) is 0 Å². The van der Waals surface area contributed by atoms with Gasteiger partial charge >= 0.3 is 0 Å². The molecule has 7 heteroatoms. The predicted molar refractivity (Wildman–Crippen MR) is 150 cm³/mol. The first-order valence-electron chi connectivity index (χ1n) is 12.4. The Kier molecular flexibility index (Phi) is 9.07. The summed E-state index contributed by atoms with van der Waals surface area (Å²) >= 11 is 0. The van der Waals surface area contributed by atoms with Gasteiger partial charge in [-0.1, -0.05) is 54.1 Å². The summed E-state index contributed by atoms with van der Waals surface area (Å²) in [6.45, 7) is 8.55. The first-order valence-corrected chi connectivity index (χ1v) is 12.4. The molecule has 0 saturated heterocycles. The number of para-hydroxylation sites is 1.